The molecule has 1 aromatic heterocycles. The number of aromatic amines is 1. The number of nitrogens with one attached hydrogen (secondary N) is 1. The first-order chi connectivity index (χ1) is 8.99. The number of carbonyl (C=O) groups excluding carboxylic acids is 2. The van der Waals surface area contributed by atoms with Gasteiger partial charge in [-0.1, -0.05) is 0 Å². The summed E-state index contributed by atoms with van der Waals surface area (Å²) in [5.41, 5.74) is 1.51. The molecule has 0 aliphatic carbocycles. The van der Waals surface area contributed by atoms with Gasteiger partial charge in [-0.25, -0.2) is 0 Å². The fraction of sp³-hybridized carbons (Fsp3) is 0.231. The first-order valence-electron chi connectivity index (χ1n) is 5.48. The van der Waals surface area contributed by atoms with Crippen LogP contribution < -0.4 is 9.47 Å². The van der Waals surface area contributed by atoms with Crippen molar-refractivity contribution in [2.45, 2.75) is 6.92 Å². The van der Waals surface area contributed by atoms with Gasteiger partial charge in [-0.2, -0.15) is 0 Å². The topological polar surface area (TPSA) is 68.4 Å². The molecular formula is C13H12ClNO4. The molecule has 5 nitrogen and oxygen atoms in total. The smallest absolute Gasteiger partial charge is 0.293 e. The van der Waals surface area contributed by atoms with Crippen LogP contribution in [0, 0.1) is 6.92 Å². The Bertz CT molecular complexity index is 675. The molecule has 0 atom stereocenters. The number of Topliss-reactive ketones (excluding diaryl/α,β-unsaturated/α-hetero) is 1. The minimum Gasteiger partial charge on any atom is -0.493 e. The van der Waals surface area contributed by atoms with Crippen molar-refractivity contribution in [2.75, 3.05) is 14.2 Å². The maximum Gasteiger partial charge on any atom is 0.293 e. The van der Waals surface area contributed by atoms with E-state index in [1.807, 2.05) is 0 Å². The average molecular weight is 282 g/mol. The third-order valence-corrected chi connectivity index (χ3v) is 3.07. The normalized spacial score (nSPS) is 10.5. The van der Waals surface area contributed by atoms with Gasteiger partial charge in [-0.3, -0.25) is 9.59 Å². The lowest BCUT2D eigenvalue weighted by atomic mass is 10.1. The molecule has 6 heteroatoms. The van der Waals surface area contributed by atoms with E-state index < -0.39 is 11.0 Å². The van der Waals surface area contributed by atoms with Gasteiger partial charge in [0, 0.05) is 17.1 Å². The lowest BCUT2D eigenvalue weighted by molar-refractivity contribution is -0.108. The Balaban J connectivity index is 2.76. The number of carbonyl (C=O) groups is 2. The number of aryl methyl sites for hydroxylation is 1. The molecule has 0 unspecified atom stereocenters. The molecule has 0 bridgehead atoms. The van der Waals surface area contributed by atoms with Gasteiger partial charge in [0.25, 0.3) is 5.24 Å². The number of halogens is 1. The summed E-state index contributed by atoms with van der Waals surface area (Å²) >= 11 is 5.27. The number of hydrogen-bond donors (Lipinski definition) is 1. The maximum absolute atomic E-state index is 11.8. The van der Waals surface area contributed by atoms with Gasteiger partial charge in [0.2, 0.25) is 5.78 Å². The second kappa shape index (κ2) is 4.93. The zero-order valence-electron chi connectivity index (χ0n) is 10.7. The van der Waals surface area contributed by atoms with Crippen molar-refractivity contribution >= 4 is 33.5 Å². The molecule has 0 saturated carbocycles. The van der Waals surface area contributed by atoms with Crippen molar-refractivity contribution in [1.29, 1.82) is 0 Å². The minimum absolute atomic E-state index is 0.260. The molecule has 2 aromatic rings. The summed E-state index contributed by atoms with van der Waals surface area (Å²) < 4.78 is 10.4. The van der Waals surface area contributed by atoms with Crippen LogP contribution in [0.5, 0.6) is 11.5 Å². The third kappa shape index (κ3) is 2.17. The van der Waals surface area contributed by atoms with Crippen molar-refractivity contribution in [3.05, 3.63) is 23.4 Å². The number of ketones is 1. The van der Waals surface area contributed by atoms with E-state index in [1.165, 1.54) is 14.2 Å². The van der Waals surface area contributed by atoms with E-state index in [-0.39, 0.29) is 5.56 Å². The Hall–Kier alpha value is -2.01. The van der Waals surface area contributed by atoms with Gasteiger partial charge in [-0.15, -0.1) is 0 Å². The lowest BCUT2D eigenvalue weighted by Crippen LogP contribution is -2.08. The van der Waals surface area contributed by atoms with E-state index in [0.29, 0.717) is 28.1 Å². The standard InChI is InChI=1S/C13H12ClNO4/c1-6-11(12(16)13(14)17)7-4-9(18-2)10(19-3)5-8(7)15-6/h4-5,15H,1-3H3. The van der Waals surface area contributed by atoms with Crippen LogP contribution in [-0.2, 0) is 4.79 Å². The molecule has 0 saturated heterocycles. The van der Waals surface area contributed by atoms with Crippen LogP contribution in [0.25, 0.3) is 10.9 Å². The zero-order chi connectivity index (χ0) is 14.2. The highest BCUT2D eigenvalue weighted by atomic mass is 35.5. The van der Waals surface area contributed by atoms with Crippen molar-refractivity contribution in [1.82, 2.24) is 4.98 Å². The largest absolute Gasteiger partial charge is 0.493 e. The summed E-state index contributed by atoms with van der Waals surface area (Å²) in [5, 5.41) is -0.437. The van der Waals surface area contributed by atoms with Crippen molar-refractivity contribution in [3.8, 4) is 11.5 Å². The maximum atomic E-state index is 11.8. The first kappa shape index (κ1) is 13.4. The van der Waals surface area contributed by atoms with Crippen molar-refractivity contribution in [3.63, 3.8) is 0 Å². The Kier molecular flexibility index (Phi) is 3.48. The number of H-pyrrole nitrogens is 1. The molecule has 0 fully saturated rings. The summed E-state index contributed by atoms with van der Waals surface area (Å²) in [7, 11) is 3.02. The van der Waals surface area contributed by atoms with Gasteiger partial charge in [0.1, 0.15) is 0 Å². The number of benzene rings is 1. The highest BCUT2D eigenvalue weighted by Crippen LogP contribution is 2.34. The lowest BCUT2D eigenvalue weighted by Gasteiger charge is -2.07. The molecule has 100 valence electrons. The van der Waals surface area contributed by atoms with E-state index in [9.17, 15) is 9.59 Å². The highest BCUT2D eigenvalue weighted by molar-refractivity contribution is 6.83. The van der Waals surface area contributed by atoms with Crippen molar-refractivity contribution < 1.29 is 19.1 Å². The fourth-order valence-corrected chi connectivity index (χ4v) is 2.14. The Morgan fingerprint density at radius 3 is 2.26 bits per heavy atom. The number of rotatable bonds is 4. The van der Waals surface area contributed by atoms with Crippen LogP contribution in [0.3, 0.4) is 0 Å². The quantitative estimate of drug-likeness (QED) is 0.531. The van der Waals surface area contributed by atoms with E-state index in [2.05, 4.69) is 4.98 Å². The molecule has 0 amide bonds. The summed E-state index contributed by atoms with van der Waals surface area (Å²) in [4.78, 5) is 25.9. The predicted octanol–water partition coefficient (Wildman–Crippen LogP) is 2.44. The molecule has 2 rings (SSSR count). The predicted molar refractivity (Wildman–Crippen MR) is 71.3 cm³/mol. The van der Waals surface area contributed by atoms with Crippen LogP contribution in [0.2, 0.25) is 0 Å². The van der Waals surface area contributed by atoms with Crippen LogP contribution in [0.4, 0.5) is 0 Å². The highest BCUT2D eigenvalue weighted by Gasteiger charge is 2.22. The molecule has 0 aliphatic rings. The van der Waals surface area contributed by atoms with Crippen LogP contribution >= 0.6 is 11.6 Å². The Morgan fingerprint density at radius 1 is 1.16 bits per heavy atom. The minimum atomic E-state index is -1.02. The molecule has 1 heterocycles. The summed E-state index contributed by atoms with van der Waals surface area (Å²) in [6.45, 7) is 1.70. The number of fused-ring (bicyclic) bond motifs is 1. The Morgan fingerprint density at radius 2 is 1.74 bits per heavy atom. The zero-order valence-corrected chi connectivity index (χ0v) is 11.4. The Labute approximate surface area is 114 Å². The number of hydrogen-bond acceptors (Lipinski definition) is 4. The van der Waals surface area contributed by atoms with E-state index in [0.717, 1.165) is 0 Å². The number of aromatic nitrogens is 1. The second-order valence-electron chi connectivity index (χ2n) is 3.98. The van der Waals surface area contributed by atoms with E-state index in [1.54, 1.807) is 19.1 Å². The first-order valence-corrected chi connectivity index (χ1v) is 5.85. The van der Waals surface area contributed by atoms with Crippen LogP contribution in [0.15, 0.2) is 12.1 Å². The fourth-order valence-electron chi connectivity index (χ4n) is 2.05. The molecule has 0 spiro atoms. The second-order valence-corrected chi connectivity index (χ2v) is 4.32. The van der Waals surface area contributed by atoms with E-state index in [4.69, 9.17) is 21.1 Å². The molecule has 1 aromatic carbocycles. The van der Waals surface area contributed by atoms with Crippen molar-refractivity contribution in [2.24, 2.45) is 0 Å². The summed E-state index contributed by atoms with van der Waals surface area (Å²) in [6.07, 6.45) is 0. The van der Waals surface area contributed by atoms with Crippen LogP contribution in [0.1, 0.15) is 16.1 Å². The molecule has 0 aliphatic heterocycles. The SMILES string of the molecule is COc1cc2[nH]c(C)c(C(=O)C(=O)Cl)c2cc1OC. The molecular weight excluding hydrogens is 270 g/mol. The number of methoxy groups -OCH3 is 2. The van der Waals surface area contributed by atoms with Gasteiger partial charge in [0.05, 0.1) is 25.3 Å². The van der Waals surface area contributed by atoms with Gasteiger partial charge < -0.3 is 14.5 Å². The van der Waals surface area contributed by atoms with Gasteiger partial charge >= 0.3 is 0 Å². The molecule has 0 radical (unpaired) electrons. The van der Waals surface area contributed by atoms with Gasteiger partial charge in [-0.05, 0) is 24.6 Å². The summed E-state index contributed by atoms with van der Waals surface area (Å²) in [5.74, 6) is 0.273. The average Bonchev–Trinajstić information content (AvgIpc) is 2.70. The summed E-state index contributed by atoms with van der Waals surface area (Å²) in [6, 6.07) is 3.35. The van der Waals surface area contributed by atoms with Gasteiger partial charge in [0.15, 0.2) is 11.5 Å². The number of ether oxygens (including phenoxy) is 2. The monoisotopic (exact) mass is 281 g/mol. The molecule has 19 heavy (non-hydrogen) atoms. The third-order valence-electron chi connectivity index (χ3n) is 2.90. The van der Waals surface area contributed by atoms with E-state index >= 15 is 0 Å². The van der Waals surface area contributed by atoms with Crippen LogP contribution in [-0.4, -0.2) is 30.2 Å². The molecule has 1 N–H and O–H groups in total.